The molecule has 2 rings (SSSR count). The second kappa shape index (κ2) is 6.88. The van der Waals surface area contributed by atoms with E-state index in [2.05, 4.69) is 42.7 Å². The minimum Gasteiger partial charge on any atom is -0.339 e. The van der Waals surface area contributed by atoms with Crippen LogP contribution in [-0.4, -0.2) is 34.2 Å². The molecule has 1 saturated carbocycles. The minimum absolute atomic E-state index is 0.0904. The predicted molar refractivity (Wildman–Crippen MR) is 83.9 cm³/mol. The molecule has 0 amide bonds. The number of aromatic nitrogens is 2. The summed E-state index contributed by atoms with van der Waals surface area (Å²) in [5, 5.41) is 4.16. The Labute approximate surface area is 128 Å². The molecule has 2 unspecified atom stereocenters. The largest absolute Gasteiger partial charge is 0.339 e. The van der Waals surface area contributed by atoms with E-state index in [1.165, 1.54) is 25.7 Å². The van der Waals surface area contributed by atoms with Crippen molar-refractivity contribution in [3.05, 3.63) is 11.7 Å². The van der Waals surface area contributed by atoms with Crippen molar-refractivity contribution in [2.75, 3.05) is 13.1 Å². The van der Waals surface area contributed by atoms with E-state index in [1.54, 1.807) is 0 Å². The Morgan fingerprint density at radius 3 is 2.57 bits per heavy atom. The Balaban J connectivity index is 2.06. The van der Waals surface area contributed by atoms with Gasteiger partial charge in [-0.2, -0.15) is 4.98 Å². The molecule has 1 aliphatic rings. The van der Waals surface area contributed by atoms with Crippen molar-refractivity contribution in [2.45, 2.75) is 71.4 Å². The molecule has 1 aromatic heterocycles. The normalized spacial score (nSPS) is 23.7. The van der Waals surface area contributed by atoms with Crippen LogP contribution in [0.2, 0.25) is 0 Å². The quantitative estimate of drug-likeness (QED) is 0.904. The highest BCUT2D eigenvalue weighted by atomic mass is 16.5. The van der Waals surface area contributed by atoms with Crippen molar-refractivity contribution in [1.29, 1.82) is 0 Å². The number of nitrogens with two attached hydrogens (primary N) is 1. The van der Waals surface area contributed by atoms with Crippen LogP contribution in [0.25, 0.3) is 0 Å². The van der Waals surface area contributed by atoms with E-state index in [0.717, 1.165) is 25.5 Å². The van der Waals surface area contributed by atoms with Gasteiger partial charge >= 0.3 is 0 Å². The summed E-state index contributed by atoms with van der Waals surface area (Å²) in [6.07, 6.45) is 5.10. The van der Waals surface area contributed by atoms with Gasteiger partial charge < -0.3 is 10.3 Å². The van der Waals surface area contributed by atoms with Gasteiger partial charge in [-0.3, -0.25) is 4.90 Å². The molecule has 21 heavy (non-hydrogen) atoms. The van der Waals surface area contributed by atoms with Crippen LogP contribution in [0.3, 0.4) is 0 Å². The summed E-state index contributed by atoms with van der Waals surface area (Å²) in [5.74, 6) is 2.11. The second-order valence-electron chi connectivity index (χ2n) is 7.18. The molecule has 5 heteroatoms. The van der Waals surface area contributed by atoms with Gasteiger partial charge in [-0.25, -0.2) is 0 Å². The van der Waals surface area contributed by atoms with Crippen LogP contribution in [0.1, 0.15) is 65.1 Å². The third-order valence-electron chi connectivity index (χ3n) is 4.50. The first-order valence-corrected chi connectivity index (χ1v) is 8.23. The monoisotopic (exact) mass is 294 g/mol. The standard InChI is InChI=1S/C16H30N4O/c1-5-20(13-9-7-6-8-12(13)10-17)11-14-18-15(21-19-14)16(2,3)4/h12-13H,5-11,17H2,1-4H3. The number of nitrogens with zero attached hydrogens (tertiary/aromatic N) is 3. The van der Waals surface area contributed by atoms with Crippen molar-refractivity contribution >= 4 is 0 Å². The van der Waals surface area contributed by atoms with Gasteiger partial charge in [0.05, 0.1) is 6.54 Å². The van der Waals surface area contributed by atoms with Gasteiger partial charge in [-0.15, -0.1) is 0 Å². The molecule has 2 N–H and O–H groups in total. The van der Waals surface area contributed by atoms with E-state index in [-0.39, 0.29) is 5.41 Å². The van der Waals surface area contributed by atoms with Gasteiger partial charge in [-0.1, -0.05) is 45.7 Å². The maximum Gasteiger partial charge on any atom is 0.232 e. The van der Waals surface area contributed by atoms with Crippen LogP contribution >= 0.6 is 0 Å². The smallest absolute Gasteiger partial charge is 0.232 e. The molecule has 1 aromatic rings. The summed E-state index contributed by atoms with van der Waals surface area (Å²) in [6, 6.07) is 0.560. The Hall–Kier alpha value is -0.940. The highest BCUT2D eigenvalue weighted by Crippen LogP contribution is 2.29. The summed E-state index contributed by atoms with van der Waals surface area (Å²) < 4.78 is 5.40. The van der Waals surface area contributed by atoms with Gasteiger partial charge in [0.1, 0.15) is 0 Å². The summed E-state index contributed by atoms with van der Waals surface area (Å²) in [7, 11) is 0. The lowest BCUT2D eigenvalue weighted by Gasteiger charge is -2.38. The fourth-order valence-corrected chi connectivity index (χ4v) is 3.21. The second-order valence-corrected chi connectivity index (χ2v) is 7.18. The summed E-state index contributed by atoms with van der Waals surface area (Å²) >= 11 is 0. The van der Waals surface area contributed by atoms with Gasteiger partial charge in [0.2, 0.25) is 5.89 Å². The van der Waals surface area contributed by atoms with E-state index in [0.29, 0.717) is 17.9 Å². The van der Waals surface area contributed by atoms with Crippen LogP contribution in [0, 0.1) is 5.92 Å². The minimum atomic E-state index is -0.0904. The SMILES string of the molecule is CCN(Cc1noc(C(C)(C)C)n1)C1CCCCC1CN. The fourth-order valence-electron chi connectivity index (χ4n) is 3.21. The molecule has 1 aliphatic carbocycles. The maximum atomic E-state index is 5.96. The summed E-state index contributed by atoms with van der Waals surface area (Å²) in [5.41, 5.74) is 5.87. The molecule has 1 fully saturated rings. The Morgan fingerprint density at radius 2 is 2.00 bits per heavy atom. The molecule has 0 aliphatic heterocycles. The number of hydrogen-bond donors (Lipinski definition) is 1. The molecular weight excluding hydrogens is 264 g/mol. The molecule has 120 valence electrons. The molecule has 0 spiro atoms. The third-order valence-corrected chi connectivity index (χ3v) is 4.50. The summed E-state index contributed by atoms with van der Waals surface area (Å²) in [6.45, 7) is 11.0. The third kappa shape index (κ3) is 4.04. The first-order valence-electron chi connectivity index (χ1n) is 8.23. The first kappa shape index (κ1) is 16.4. The zero-order chi connectivity index (χ0) is 15.5. The van der Waals surface area contributed by atoms with Crippen LogP contribution in [0.4, 0.5) is 0 Å². The lowest BCUT2D eigenvalue weighted by atomic mass is 9.83. The summed E-state index contributed by atoms with van der Waals surface area (Å²) in [4.78, 5) is 7.03. The van der Waals surface area contributed by atoms with E-state index in [1.807, 2.05) is 0 Å². The Morgan fingerprint density at radius 1 is 1.29 bits per heavy atom. The fraction of sp³-hybridized carbons (Fsp3) is 0.875. The highest BCUT2D eigenvalue weighted by Gasteiger charge is 2.30. The molecule has 0 bridgehead atoms. The van der Waals surface area contributed by atoms with Crippen LogP contribution in [0.5, 0.6) is 0 Å². The van der Waals surface area contributed by atoms with Gasteiger partial charge in [-0.05, 0) is 31.8 Å². The predicted octanol–water partition coefficient (Wildman–Crippen LogP) is 2.71. The van der Waals surface area contributed by atoms with Crippen LogP contribution < -0.4 is 5.73 Å². The average Bonchev–Trinajstić information content (AvgIpc) is 2.93. The molecule has 0 aromatic carbocycles. The van der Waals surface area contributed by atoms with E-state index < -0.39 is 0 Å². The van der Waals surface area contributed by atoms with Crippen molar-refractivity contribution < 1.29 is 4.52 Å². The maximum absolute atomic E-state index is 5.96. The Kier molecular flexibility index (Phi) is 5.38. The molecule has 2 atom stereocenters. The average molecular weight is 294 g/mol. The van der Waals surface area contributed by atoms with E-state index in [4.69, 9.17) is 10.3 Å². The van der Waals surface area contributed by atoms with Crippen LogP contribution in [0.15, 0.2) is 4.52 Å². The number of hydrogen-bond acceptors (Lipinski definition) is 5. The first-order chi connectivity index (χ1) is 9.95. The molecule has 0 saturated heterocycles. The zero-order valence-electron chi connectivity index (χ0n) is 13.9. The van der Waals surface area contributed by atoms with Crippen LogP contribution in [-0.2, 0) is 12.0 Å². The van der Waals surface area contributed by atoms with Crippen molar-refractivity contribution in [2.24, 2.45) is 11.7 Å². The molecule has 5 nitrogen and oxygen atoms in total. The molecule has 1 heterocycles. The Bertz CT molecular complexity index is 438. The van der Waals surface area contributed by atoms with Crippen molar-refractivity contribution in [3.63, 3.8) is 0 Å². The van der Waals surface area contributed by atoms with Crippen molar-refractivity contribution in [3.8, 4) is 0 Å². The highest BCUT2D eigenvalue weighted by molar-refractivity contribution is 4.98. The molecule has 0 radical (unpaired) electrons. The molecular formula is C16H30N4O. The van der Waals surface area contributed by atoms with E-state index >= 15 is 0 Å². The lowest BCUT2D eigenvalue weighted by Crippen LogP contribution is -2.44. The van der Waals surface area contributed by atoms with E-state index in [9.17, 15) is 0 Å². The lowest BCUT2D eigenvalue weighted by molar-refractivity contribution is 0.102. The van der Waals surface area contributed by atoms with Gasteiger partial charge in [0.25, 0.3) is 0 Å². The van der Waals surface area contributed by atoms with Gasteiger partial charge in [0, 0.05) is 11.5 Å². The van der Waals surface area contributed by atoms with Crippen molar-refractivity contribution in [1.82, 2.24) is 15.0 Å². The van der Waals surface area contributed by atoms with Gasteiger partial charge in [0.15, 0.2) is 5.82 Å². The topological polar surface area (TPSA) is 68.2 Å². The number of rotatable bonds is 5. The zero-order valence-corrected chi connectivity index (χ0v) is 13.9.